The Labute approximate surface area is 475 Å². The lowest BCUT2D eigenvalue weighted by Crippen LogP contribution is -2.54. The van der Waals surface area contributed by atoms with Crippen LogP contribution in [-0.4, -0.2) is 140 Å². The zero-order chi connectivity index (χ0) is 59.5. The number of nitrogens with zero attached hydrogens (tertiary/aromatic N) is 6. The molecule has 3 aromatic carbocycles. The first-order valence-corrected chi connectivity index (χ1v) is 27.7. The largest absolute Gasteiger partial charge is 0.445 e. The number of ether oxygens (including phenoxy) is 1. The number of halogens is 2. The van der Waals surface area contributed by atoms with Crippen LogP contribution in [0.25, 0.3) is 11.4 Å². The smallest absolute Gasteiger partial charge is 0.407 e. The number of nitrogens with two attached hydrogens (primary N) is 1. The minimum absolute atomic E-state index is 0.0598. The molecule has 0 spiro atoms. The van der Waals surface area contributed by atoms with Gasteiger partial charge in [-0.3, -0.25) is 28.9 Å². The maximum atomic E-state index is 15.3. The molecule has 0 saturated carbocycles. The first-order valence-electron chi connectivity index (χ1n) is 27.7. The van der Waals surface area contributed by atoms with Crippen LogP contribution in [0.15, 0.2) is 84.9 Å². The summed E-state index contributed by atoms with van der Waals surface area (Å²) in [5, 5.41) is 28.5. The maximum Gasteiger partial charge on any atom is 0.407 e. The lowest BCUT2D eigenvalue weighted by molar-refractivity contribution is -0.137. The normalized spacial score (nSPS) is 15.3. The molecule has 3 heterocycles. The van der Waals surface area contributed by atoms with Crippen LogP contribution in [0.4, 0.5) is 28.9 Å². The summed E-state index contributed by atoms with van der Waals surface area (Å²) >= 11 is 0. The predicted octanol–water partition coefficient (Wildman–Crippen LogP) is 6.05. The van der Waals surface area contributed by atoms with E-state index in [1.54, 1.807) is 52.6 Å². The molecule has 0 radical (unpaired) electrons. The Morgan fingerprint density at radius 3 is 2.23 bits per heavy atom. The number of anilines is 1. The Balaban J connectivity index is 1.06. The van der Waals surface area contributed by atoms with Crippen molar-refractivity contribution in [2.45, 2.75) is 130 Å². The molecule has 0 bridgehead atoms. The van der Waals surface area contributed by atoms with Crippen molar-refractivity contribution in [2.75, 3.05) is 44.6 Å². The third-order valence-corrected chi connectivity index (χ3v) is 14.0. The van der Waals surface area contributed by atoms with Gasteiger partial charge in [-0.2, -0.15) is 5.10 Å². The van der Waals surface area contributed by atoms with Crippen molar-refractivity contribution < 1.29 is 57.0 Å². The average Bonchev–Trinajstić information content (AvgIpc) is 4.37. The highest BCUT2D eigenvalue weighted by molar-refractivity contribution is 6.12. The van der Waals surface area contributed by atoms with Gasteiger partial charge in [0.05, 0.1) is 30.8 Å². The van der Waals surface area contributed by atoms with Crippen LogP contribution in [0.1, 0.15) is 115 Å². The Morgan fingerprint density at radius 1 is 0.854 bits per heavy atom. The van der Waals surface area contributed by atoms with Crippen molar-refractivity contribution in [2.24, 2.45) is 17.1 Å². The molecule has 0 aliphatic carbocycles. The van der Waals surface area contributed by atoms with E-state index in [1.165, 1.54) is 12.2 Å². The fourth-order valence-electron chi connectivity index (χ4n) is 9.75. The van der Waals surface area contributed by atoms with E-state index in [4.69, 9.17) is 20.6 Å². The van der Waals surface area contributed by atoms with E-state index in [1.807, 2.05) is 51.1 Å². The number of alkyl carbamates (subject to hydrolysis) is 1. The minimum atomic E-state index is -1.09. The molecule has 22 nitrogen and oxygen atoms in total. The van der Waals surface area contributed by atoms with E-state index < -0.39 is 65.2 Å². The first-order chi connectivity index (χ1) is 39.1. The predicted molar refractivity (Wildman–Crippen MR) is 300 cm³/mol. The molecule has 0 unspecified atom stereocenters. The number of likely N-dealkylation sites (tertiary alicyclic amines) is 1. The van der Waals surface area contributed by atoms with Crippen LogP contribution in [0, 0.1) is 23.0 Å². The number of unbranched alkanes of at least 4 members (excludes halogenated alkanes) is 2. The number of aliphatic hydroxyl groups excluding tert-OH is 1. The summed E-state index contributed by atoms with van der Waals surface area (Å²) in [6.45, 7) is 10.1. The van der Waals surface area contributed by atoms with Crippen molar-refractivity contribution in [1.29, 1.82) is 0 Å². The zero-order valence-electron chi connectivity index (χ0n) is 47.1. The number of carbonyl (C=O) groups is 8. The average molecular weight is 1140 g/mol. The lowest BCUT2D eigenvalue weighted by atomic mass is 9.84. The molecule has 1 aromatic heterocycles. The number of carbonyl (C=O) groups excluding carboxylic acids is 8. The summed E-state index contributed by atoms with van der Waals surface area (Å²) in [7, 11) is 0. The summed E-state index contributed by atoms with van der Waals surface area (Å²) in [6, 6.07) is 14.5. The molecule has 8 N–H and O–H groups in total. The molecule has 10 amide bonds. The third-order valence-electron chi connectivity index (χ3n) is 14.0. The van der Waals surface area contributed by atoms with Gasteiger partial charge in [0.1, 0.15) is 30.3 Å². The second-order valence-electron chi connectivity index (χ2n) is 21.8. The van der Waals surface area contributed by atoms with Gasteiger partial charge in [0.15, 0.2) is 11.6 Å². The number of amides is 10. The molecule has 6 rings (SSSR count). The highest BCUT2D eigenvalue weighted by Crippen LogP contribution is 2.40. The van der Waals surface area contributed by atoms with Gasteiger partial charge < -0.3 is 52.0 Å². The second-order valence-corrected chi connectivity index (χ2v) is 21.8. The number of hydrogen-bond donors (Lipinski definition) is 7. The Bertz CT molecular complexity index is 2880. The van der Waals surface area contributed by atoms with Crippen LogP contribution in [-0.2, 0) is 41.9 Å². The number of hydrogen-bond acceptors (Lipinski definition) is 12. The van der Waals surface area contributed by atoms with Gasteiger partial charge in [0.25, 0.3) is 11.8 Å². The second kappa shape index (κ2) is 30.0. The van der Waals surface area contributed by atoms with E-state index in [9.17, 15) is 47.9 Å². The van der Waals surface area contributed by atoms with Gasteiger partial charge in [-0.25, -0.2) is 32.8 Å². The van der Waals surface area contributed by atoms with Crippen molar-refractivity contribution in [3.8, 4) is 11.4 Å². The van der Waals surface area contributed by atoms with Gasteiger partial charge in [0.2, 0.25) is 17.7 Å². The van der Waals surface area contributed by atoms with Crippen molar-refractivity contribution in [1.82, 2.24) is 50.7 Å². The SMILES string of the molecule is CC(C)[C@H](NC(=O)CCCCCN1C(=O)C=CC1=O)C(=O)N[C@@H](CCCNC(N)=O)C(=O)Nc1ccc(COC(=O)NCCCN(C(=O)N2CCC[C@H]2CO)[C@@H](c2nc(-c3cc(F)ccc3F)nn2Cc2ccccc2)C(C)(C)C)cc1. The van der Waals surface area contributed by atoms with E-state index in [0.717, 1.165) is 28.7 Å². The lowest BCUT2D eigenvalue weighted by Gasteiger charge is -2.42. The minimum Gasteiger partial charge on any atom is -0.445 e. The number of aromatic nitrogens is 3. The Morgan fingerprint density at radius 2 is 1.56 bits per heavy atom. The van der Waals surface area contributed by atoms with Crippen LogP contribution >= 0.6 is 0 Å². The number of benzene rings is 3. The molecule has 82 heavy (non-hydrogen) atoms. The first kappa shape index (κ1) is 62.9. The standard InChI is InChI=1S/C58H76F2N12O10/c1-37(2)49(66-46(74)19-10-7-11-30-70-47(75)26-27-48(70)76)54(78)65-45(18-12-28-62-55(61)79)53(77)64-41-23-20-39(21-24-41)36-82-56(80)63-29-14-32-71(57(81)69-31-13-17-42(69)35-73)50(58(3,4)5)52-67-51(43-33-40(59)22-25-44(43)60)68-72(52)34-38-15-8-6-9-16-38/h6,8-9,15-16,20-27,33,37,42,45,49-50,73H,7,10-14,17-19,28-32,34-36H2,1-5H3,(H,63,80)(H,64,77)(H,65,78)(H,66,74)(H3,61,62,79)/t42-,45-,49-,50-/m0/s1. The molecule has 1 fully saturated rings. The van der Waals surface area contributed by atoms with Crippen LogP contribution in [0.3, 0.4) is 0 Å². The summed E-state index contributed by atoms with van der Waals surface area (Å²) < 4.78 is 37.0. The molecule has 4 atom stereocenters. The number of urea groups is 2. The van der Waals surface area contributed by atoms with Crippen molar-refractivity contribution in [3.63, 3.8) is 0 Å². The van der Waals surface area contributed by atoms with Gasteiger partial charge in [0, 0.05) is 57.0 Å². The summed E-state index contributed by atoms with van der Waals surface area (Å²) in [5.41, 5.74) is 6.14. The highest BCUT2D eigenvalue weighted by atomic mass is 19.1. The third kappa shape index (κ3) is 18.1. The molecule has 4 aromatic rings. The van der Waals surface area contributed by atoms with Crippen LogP contribution in [0.5, 0.6) is 0 Å². The van der Waals surface area contributed by atoms with Crippen LogP contribution in [0.2, 0.25) is 0 Å². The fraction of sp³-hybridized carbons (Fsp3) is 0.483. The summed E-state index contributed by atoms with van der Waals surface area (Å²) in [4.78, 5) is 112. The quantitative estimate of drug-likeness (QED) is 0.0253. The van der Waals surface area contributed by atoms with E-state index in [0.29, 0.717) is 55.7 Å². The molecule has 1 saturated heterocycles. The molecule has 2 aliphatic rings. The van der Waals surface area contributed by atoms with Crippen LogP contribution < -0.4 is 32.3 Å². The van der Waals surface area contributed by atoms with E-state index >= 15 is 4.39 Å². The monoisotopic (exact) mass is 1140 g/mol. The Hall–Kier alpha value is -8.28. The number of rotatable bonds is 28. The fourth-order valence-corrected chi connectivity index (χ4v) is 9.75. The van der Waals surface area contributed by atoms with E-state index in [-0.39, 0.29) is 113 Å². The molecule has 2 aliphatic heterocycles. The maximum absolute atomic E-state index is 15.3. The zero-order valence-corrected chi connectivity index (χ0v) is 47.1. The summed E-state index contributed by atoms with van der Waals surface area (Å²) in [6.07, 6.45) is 5.22. The van der Waals surface area contributed by atoms with Gasteiger partial charge in [-0.15, -0.1) is 0 Å². The van der Waals surface area contributed by atoms with Crippen molar-refractivity contribution >= 4 is 53.4 Å². The topological polar surface area (TPSA) is 293 Å². The number of nitrogens with one attached hydrogen (secondary N) is 5. The van der Waals surface area contributed by atoms with Gasteiger partial charge in [-0.05, 0) is 97.7 Å². The van der Waals surface area contributed by atoms with Gasteiger partial charge in [-0.1, -0.05) is 83.5 Å². The van der Waals surface area contributed by atoms with Crippen molar-refractivity contribution in [3.05, 3.63) is 114 Å². The number of imide groups is 1. The Kier molecular flexibility index (Phi) is 23.0. The number of aliphatic hydroxyl groups is 1. The highest BCUT2D eigenvalue weighted by Gasteiger charge is 2.42. The summed E-state index contributed by atoms with van der Waals surface area (Å²) in [5.74, 6) is -3.78. The van der Waals surface area contributed by atoms with E-state index in [2.05, 4.69) is 26.6 Å². The molecular weight excluding hydrogens is 1060 g/mol. The molecule has 24 heteroatoms. The molecular formula is C58H76F2N12O10. The number of primary amides is 1. The molecule has 442 valence electrons. The van der Waals surface area contributed by atoms with Gasteiger partial charge >= 0.3 is 18.2 Å².